The second kappa shape index (κ2) is 8.00. The first-order valence-corrected chi connectivity index (χ1v) is 9.99. The number of carbonyl (C=O) groups is 1. The van der Waals surface area contributed by atoms with Gasteiger partial charge in [0.2, 0.25) is 0 Å². The molecule has 3 heterocycles. The minimum Gasteiger partial charge on any atom is -0.352 e. The quantitative estimate of drug-likeness (QED) is 0.843. The number of amides is 2. The van der Waals surface area contributed by atoms with Gasteiger partial charge < -0.3 is 14.8 Å². The molecule has 1 saturated heterocycles. The van der Waals surface area contributed by atoms with E-state index in [9.17, 15) is 9.59 Å². The molecule has 1 aliphatic carbocycles. The summed E-state index contributed by atoms with van der Waals surface area (Å²) in [6.07, 6.45) is 10.1. The molecule has 0 saturated carbocycles. The van der Waals surface area contributed by atoms with Crippen LogP contribution in [0.1, 0.15) is 37.3 Å². The average Bonchev–Trinajstić information content (AvgIpc) is 3.17. The number of nitrogens with zero attached hydrogens (tertiary/aromatic N) is 4. The molecule has 148 valence electrons. The van der Waals surface area contributed by atoms with Crippen LogP contribution in [0.25, 0.3) is 0 Å². The average molecular weight is 382 g/mol. The Kier molecular flexibility index (Phi) is 5.27. The molecule has 8 nitrogen and oxygen atoms in total. The van der Waals surface area contributed by atoms with Crippen molar-refractivity contribution in [3.05, 3.63) is 46.1 Å². The largest absolute Gasteiger partial charge is 0.352 e. The van der Waals surface area contributed by atoms with E-state index >= 15 is 0 Å². The standard InChI is InChI=1S/C20H26N6O2/c1-2-25-11-8-21-18(19(25)27)26-9-6-16(7-10-26)23-20(28)24-17-12-14-4-3-5-15(14)13-22-17/h8,11-13,16H,2-7,9-10H2,1H3,(H2,22,23,24,28). The van der Waals surface area contributed by atoms with Crippen LogP contribution < -0.4 is 21.1 Å². The number of piperidine rings is 1. The van der Waals surface area contributed by atoms with Crippen LogP contribution >= 0.6 is 0 Å². The van der Waals surface area contributed by atoms with Crippen molar-refractivity contribution in [3.8, 4) is 0 Å². The molecular weight excluding hydrogens is 356 g/mol. The summed E-state index contributed by atoms with van der Waals surface area (Å²) in [6.45, 7) is 3.95. The van der Waals surface area contributed by atoms with Gasteiger partial charge in [0, 0.05) is 44.3 Å². The molecule has 0 atom stereocenters. The smallest absolute Gasteiger partial charge is 0.320 e. The molecule has 1 fully saturated rings. The number of carbonyl (C=O) groups excluding carboxylic acids is 1. The number of hydrogen-bond donors (Lipinski definition) is 2. The maximum atomic E-state index is 12.4. The number of fused-ring (bicyclic) bond motifs is 1. The SMILES string of the molecule is CCn1ccnc(N2CCC(NC(=O)Nc3cc4c(cn3)CCC4)CC2)c1=O. The molecule has 1 aliphatic heterocycles. The zero-order valence-electron chi connectivity index (χ0n) is 16.1. The first-order valence-electron chi connectivity index (χ1n) is 9.99. The number of aryl methyl sites for hydroxylation is 3. The van der Waals surface area contributed by atoms with Crippen molar-refractivity contribution < 1.29 is 4.79 Å². The summed E-state index contributed by atoms with van der Waals surface area (Å²) in [5, 5.41) is 5.87. The summed E-state index contributed by atoms with van der Waals surface area (Å²) in [5.74, 6) is 1.10. The Bertz CT molecular complexity index is 917. The molecule has 0 bridgehead atoms. The zero-order valence-corrected chi connectivity index (χ0v) is 16.1. The number of aromatic nitrogens is 3. The Morgan fingerprint density at radius 1 is 1.21 bits per heavy atom. The fourth-order valence-corrected chi connectivity index (χ4v) is 4.00. The van der Waals surface area contributed by atoms with Gasteiger partial charge >= 0.3 is 6.03 Å². The van der Waals surface area contributed by atoms with Crippen molar-refractivity contribution in [3.63, 3.8) is 0 Å². The van der Waals surface area contributed by atoms with E-state index in [-0.39, 0.29) is 17.6 Å². The molecule has 0 aromatic carbocycles. The highest BCUT2D eigenvalue weighted by Crippen LogP contribution is 2.23. The summed E-state index contributed by atoms with van der Waals surface area (Å²) in [5.41, 5.74) is 2.51. The van der Waals surface area contributed by atoms with Gasteiger partial charge in [0.25, 0.3) is 5.56 Å². The zero-order chi connectivity index (χ0) is 19.5. The second-order valence-corrected chi connectivity index (χ2v) is 7.39. The van der Waals surface area contributed by atoms with E-state index in [0.29, 0.717) is 31.3 Å². The number of pyridine rings is 1. The monoisotopic (exact) mass is 382 g/mol. The molecule has 0 radical (unpaired) electrons. The predicted molar refractivity (Wildman–Crippen MR) is 108 cm³/mol. The van der Waals surface area contributed by atoms with E-state index < -0.39 is 0 Å². The number of hydrogen-bond acceptors (Lipinski definition) is 5. The summed E-state index contributed by atoms with van der Waals surface area (Å²) in [6, 6.07) is 1.82. The Hall–Kier alpha value is -2.90. The minimum atomic E-state index is -0.227. The van der Waals surface area contributed by atoms with Crippen molar-refractivity contribution in [2.24, 2.45) is 0 Å². The normalized spacial score (nSPS) is 16.7. The van der Waals surface area contributed by atoms with Crippen LogP contribution in [0.2, 0.25) is 0 Å². The lowest BCUT2D eigenvalue weighted by Gasteiger charge is -2.32. The molecule has 2 N–H and O–H groups in total. The molecule has 2 aliphatic rings. The van der Waals surface area contributed by atoms with Crippen LogP contribution in [0.15, 0.2) is 29.5 Å². The first-order chi connectivity index (χ1) is 13.6. The predicted octanol–water partition coefficient (Wildman–Crippen LogP) is 1.94. The molecule has 0 spiro atoms. The van der Waals surface area contributed by atoms with Gasteiger partial charge in [-0.2, -0.15) is 0 Å². The molecule has 2 aromatic rings. The lowest BCUT2D eigenvalue weighted by Crippen LogP contribution is -2.47. The van der Waals surface area contributed by atoms with Crippen LogP contribution in [0.3, 0.4) is 0 Å². The van der Waals surface area contributed by atoms with Gasteiger partial charge in [0.1, 0.15) is 5.82 Å². The third-order valence-electron chi connectivity index (χ3n) is 5.58. The van der Waals surface area contributed by atoms with Crippen molar-refractivity contribution >= 4 is 17.7 Å². The highest BCUT2D eigenvalue weighted by molar-refractivity contribution is 5.88. The van der Waals surface area contributed by atoms with Gasteiger partial charge in [0.05, 0.1) is 0 Å². The first kappa shape index (κ1) is 18.5. The van der Waals surface area contributed by atoms with Gasteiger partial charge in [-0.05, 0) is 56.2 Å². The number of anilines is 2. The summed E-state index contributed by atoms with van der Waals surface area (Å²) < 4.78 is 1.66. The van der Waals surface area contributed by atoms with E-state index in [1.54, 1.807) is 17.0 Å². The Labute approximate surface area is 164 Å². The molecule has 2 amide bonds. The van der Waals surface area contributed by atoms with Crippen LogP contribution in [0, 0.1) is 0 Å². The summed E-state index contributed by atoms with van der Waals surface area (Å²) in [7, 11) is 0. The van der Waals surface area contributed by atoms with Crippen LogP contribution in [0.4, 0.5) is 16.4 Å². The summed E-state index contributed by atoms with van der Waals surface area (Å²) >= 11 is 0. The number of urea groups is 1. The fourth-order valence-electron chi connectivity index (χ4n) is 4.00. The third kappa shape index (κ3) is 3.85. The molecule has 8 heteroatoms. The van der Waals surface area contributed by atoms with Crippen LogP contribution in [-0.4, -0.2) is 39.7 Å². The van der Waals surface area contributed by atoms with Crippen molar-refractivity contribution in [1.29, 1.82) is 0 Å². The lowest BCUT2D eigenvalue weighted by molar-refractivity contribution is 0.246. The Morgan fingerprint density at radius 2 is 2.00 bits per heavy atom. The van der Waals surface area contributed by atoms with E-state index in [0.717, 1.165) is 32.1 Å². The highest BCUT2D eigenvalue weighted by Gasteiger charge is 2.23. The van der Waals surface area contributed by atoms with Gasteiger partial charge in [0.15, 0.2) is 5.82 Å². The molecule has 0 unspecified atom stereocenters. The van der Waals surface area contributed by atoms with Gasteiger partial charge in [-0.3, -0.25) is 10.1 Å². The van der Waals surface area contributed by atoms with Gasteiger partial charge in [-0.25, -0.2) is 14.8 Å². The highest BCUT2D eigenvalue weighted by atomic mass is 16.2. The number of nitrogens with one attached hydrogen (secondary N) is 2. The lowest BCUT2D eigenvalue weighted by atomic mass is 10.1. The topological polar surface area (TPSA) is 92.2 Å². The van der Waals surface area contributed by atoms with Gasteiger partial charge in [-0.15, -0.1) is 0 Å². The van der Waals surface area contributed by atoms with E-state index in [4.69, 9.17) is 0 Å². The van der Waals surface area contributed by atoms with E-state index in [1.807, 2.05) is 24.1 Å². The molecular formula is C20H26N6O2. The van der Waals surface area contributed by atoms with Crippen molar-refractivity contribution in [1.82, 2.24) is 19.9 Å². The van der Waals surface area contributed by atoms with Gasteiger partial charge in [-0.1, -0.05) is 0 Å². The fraction of sp³-hybridized carbons (Fsp3) is 0.500. The van der Waals surface area contributed by atoms with E-state index in [1.165, 1.54) is 11.1 Å². The Morgan fingerprint density at radius 3 is 2.79 bits per heavy atom. The van der Waals surface area contributed by atoms with Crippen LogP contribution in [0.5, 0.6) is 0 Å². The maximum Gasteiger partial charge on any atom is 0.320 e. The molecule has 2 aromatic heterocycles. The Balaban J connectivity index is 1.31. The van der Waals surface area contributed by atoms with E-state index in [2.05, 4.69) is 20.6 Å². The second-order valence-electron chi connectivity index (χ2n) is 7.39. The van der Waals surface area contributed by atoms with Crippen molar-refractivity contribution in [2.75, 3.05) is 23.3 Å². The van der Waals surface area contributed by atoms with Crippen molar-refractivity contribution in [2.45, 2.75) is 51.6 Å². The summed E-state index contributed by atoms with van der Waals surface area (Å²) in [4.78, 5) is 35.4. The third-order valence-corrected chi connectivity index (χ3v) is 5.58. The molecule has 28 heavy (non-hydrogen) atoms. The minimum absolute atomic E-state index is 0.0585. The van der Waals surface area contributed by atoms with Crippen LogP contribution in [-0.2, 0) is 19.4 Å². The maximum absolute atomic E-state index is 12.4. The number of rotatable bonds is 4. The molecule has 4 rings (SSSR count).